The van der Waals surface area contributed by atoms with Crippen LogP contribution in [0.1, 0.15) is 60.1 Å². The quantitative estimate of drug-likeness (QED) is 0.857. The summed E-state index contributed by atoms with van der Waals surface area (Å²) in [6, 6.07) is 3.65. The van der Waals surface area contributed by atoms with Gasteiger partial charge >= 0.3 is 0 Å². The third kappa shape index (κ3) is 3.25. The summed E-state index contributed by atoms with van der Waals surface area (Å²) in [5.74, 6) is 0.107. The molecule has 1 spiro atoms. The topological polar surface area (TPSA) is 97.3 Å². The van der Waals surface area contributed by atoms with Crippen molar-refractivity contribution < 1.29 is 9.59 Å². The van der Waals surface area contributed by atoms with Crippen molar-refractivity contribution in [2.24, 2.45) is 5.41 Å². The zero-order valence-electron chi connectivity index (χ0n) is 15.6. The Balaban J connectivity index is 1.56. The maximum atomic E-state index is 13.1. The minimum absolute atomic E-state index is 0.0292. The molecule has 0 aromatic carbocycles. The van der Waals surface area contributed by atoms with E-state index in [9.17, 15) is 14.4 Å². The highest BCUT2D eigenvalue weighted by atomic mass is 16.2. The van der Waals surface area contributed by atoms with Gasteiger partial charge in [-0.2, -0.15) is 5.26 Å². The standard InChI is InChI=1S/C20H24N4O3/c1-13-16(9-14(10-21)18(26)22-13)19(27)23-8-2-6-20(11-23)7-5-17(25)24(12-20)15-3-4-15/h9,15H,2-8,11-12H2,1H3,(H,22,26). The third-order valence-corrected chi connectivity index (χ3v) is 6.22. The molecule has 1 N–H and O–H groups in total. The van der Waals surface area contributed by atoms with Crippen LogP contribution in [-0.2, 0) is 4.79 Å². The summed E-state index contributed by atoms with van der Waals surface area (Å²) in [4.78, 5) is 43.6. The van der Waals surface area contributed by atoms with Gasteiger partial charge in [-0.15, -0.1) is 0 Å². The number of nitrogens with one attached hydrogen (secondary N) is 1. The first-order chi connectivity index (χ1) is 12.9. The second kappa shape index (κ2) is 6.52. The molecule has 2 saturated heterocycles. The summed E-state index contributed by atoms with van der Waals surface area (Å²) in [6.45, 7) is 3.72. The van der Waals surface area contributed by atoms with Crippen molar-refractivity contribution in [3.63, 3.8) is 0 Å². The average molecular weight is 368 g/mol. The fraction of sp³-hybridized carbons (Fsp3) is 0.600. The van der Waals surface area contributed by atoms with E-state index in [1.807, 2.05) is 15.9 Å². The predicted octanol–water partition coefficient (Wildman–Crippen LogP) is 1.56. The lowest BCUT2D eigenvalue weighted by Crippen LogP contribution is -2.55. The van der Waals surface area contributed by atoms with Crippen LogP contribution in [0.25, 0.3) is 0 Å². The Hall–Kier alpha value is -2.62. The van der Waals surface area contributed by atoms with Crippen molar-refractivity contribution in [2.45, 2.75) is 51.5 Å². The molecule has 3 heterocycles. The van der Waals surface area contributed by atoms with E-state index in [0.29, 0.717) is 36.8 Å². The number of H-pyrrole nitrogens is 1. The maximum Gasteiger partial charge on any atom is 0.266 e. The second-order valence-electron chi connectivity index (χ2n) is 8.25. The highest BCUT2D eigenvalue weighted by Gasteiger charge is 2.46. The summed E-state index contributed by atoms with van der Waals surface area (Å²) in [5.41, 5.74) is 0.334. The van der Waals surface area contributed by atoms with Gasteiger partial charge in [0, 0.05) is 43.2 Å². The van der Waals surface area contributed by atoms with Crippen LogP contribution in [0, 0.1) is 23.7 Å². The van der Waals surface area contributed by atoms with Crippen molar-refractivity contribution in [3.8, 4) is 6.07 Å². The molecule has 2 aliphatic heterocycles. The van der Waals surface area contributed by atoms with Crippen LogP contribution < -0.4 is 5.56 Å². The number of rotatable bonds is 2. The van der Waals surface area contributed by atoms with E-state index in [1.165, 1.54) is 6.07 Å². The van der Waals surface area contributed by atoms with Crippen molar-refractivity contribution in [1.82, 2.24) is 14.8 Å². The third-order valence-electron chi connectivity index (χ3n) is 6.22. The number of carbonyl (C=O) groups excluding carboxylic acids is 2. The maximum absolute atomic E-state index is 13.1. The van der Waals surface area contributed by atoms with Crippen molar-refractivity contribution in [2.75, 3.05) is 19.6 Å². The van der Waals surface area contributed by atoms with Gasteiger partial charge in [0.25, 0.3) is 11.5 Å². The Morgan fingerprint density at radius 2 is 2.07 bits per heavy atom. The first-order valence-electron chi connectivity index (χ1n) is 9.65. The van der Waals surface area contributed by atoms with Gasteiger partial charge in [-0.05, 0) is 45.1 Å². The lowest BCUT2D eigenvalue weighted by Gasteiger charge is -2.48. The zero-order valence-corrected chi connectivity index (χ0v) is 15.6. The first-order valence-corrected chi connectivity index (χ1v) is 9.65. The van der Waals surface area contributed by atoms with E-state index in [-0.39, 0.29) is 22.8 Å². The Morgan fingerprint density at radius 1 is 1.30 bits per heavy atom. The molecule has 3 aliphatic rings. The molecule has 2 amide bonds. The summed E-state index contributed by atoms with van der Waals surface area (Å²) in [7, 11) is 0. The molecule has 142 valence electrons. The van der Waals surface area contributed by atoms with E-state index in [0.717, 1.165) is 38.6 Å². The Morgan fingerprint density at radius 3 is 2.78 bits per heavy atom. The van der Waals surface area contributed by atoms with Gasteiger partial charge in [0.15, 0.2) is 0 Å². The lowest BCUT2D eigenvalue weighted by molar-refractivity contribution is -0.139. The van der Waals surface area contributed by atoms with Crippen LogP contribution >= 0.6 is 0 Å². The van der Waals surface area contributed by atoms with E-state index >= 15 is 0 Å². The summed E-state index contributed by atoms with van der Waals surface area (Å²) in [6.07, 6.45) is 5.52. The number of hydrogen-bond acceptors (Lipinski definition) is 4. The molecule has 3 fully saturated rings. The number of carbonyl (C=O) groups is 2. The van der Waals surface area contributed by atoms with Gasteiger partial charge in [-0.1, -0.05) is 0 Å². The Kier molecular flexibility index (Phi) is 4.29. The molecular weight excluding hydrogens is 344 g/mol. The van der Waals surface area contributed by atoms with Gasteiger partial charge in [-0.3, -0.25) is 14.4 Å². The Labute approximate surface area is 158 Å². The SMILES string of the molecule is Cc1[nH]c(=O)c(C#N)cc1C(=O)N1CCCC2(CCC(=O)N(C3CC3)C2)C1. The molecule has 7 nitrogen and oxygen atoms in total. The zero-order chi connectivity index (χ0) is 19.2. The van der Waals surface area contributed by atoms with Crippen molar-refractivity contribution in [1.29, 1.82) is 5.26 Å². The highest BCUT2D eigenvalue weighted by Crippen LogP contribution is 2.42. The molecule has 1 aromatic rings. The van der Waals surface area contributed by atoms with Crippen LogP contribution in [0.15, 0.2) is 10.9 Å². The van der Waals surface area contributed by atoms with Gasteiger partial charge in [0.1, 0.15) is 11.6 Å². The summed E-state index contributed by atoms with van der Waals surface area (Å²) >= 11 is 0. The molecule has 1 atom stereocenters. The predicted molar refractivity (Wildman–Crippen MR) is 98.1 cm³/mol. The minimum Gasteiger partial charge on any atom is -0.339 e. The van der Waals surface area contributed by atoms with Crippen molar-refractivity contribution >= 4 is 11.8 Å². The molecule has 1 aliphatic carbocycles. The van der Waals surface area contributed by atoms with Gasteiger partial charge in [0.2, 0.25) is 5.91 Å². The molecule has 1 unspecified atom stereocenters. The number of aryl methyl sites for hydroxylation is 1. The van der Waals surface area contributed by atoms with Gasteiger partial charge < -0.3 is 14.8 Å². The molecular formula is C20H24N4O3. The molecule has 4 rings (SSSR count). The normalized spacial score (nSPS) is 25.6. The molecule has 7 heteroatoms. The Bertz CT molecular complexity index is 895. The number of pyridine rings is 1. The molecule has 0 radical (unpaired) electrons. The van der Waals surface area contributed by atoms with Crippen LogP contribution in [0.5, 0.6) is 0 Å². The molecule has 0 bridgehead atoms. The number of piperidine rings is 2. The number of amides is 2. The molecule has 1 aromatic heterocycles. The fourth-order valence-corrected chi connectivity index (χ4v) is 4.58. The van der Waals surface area contributed by atoms with Crippen molar-refractivity contribution in [3.05, 3.63) is 33.2 Å². The number of hydrogen-bond donors (Lipinski definition) is 1. The number of likely N-dealkylation sites (tertiary alicyclic amines) is 2. The summed E-state index contributed by atoms with van der Waals surface area (Å²) < 4.78 is 0. The van der Waals surface area contributed by atoms with E-state index in [1.54, 1.807) is 6.92 Å². The minimum atomic E-state index is -0.465. The first kappa shape index (κ1) is 17.8. The van der Waals surface area contributed by atoms with Crippen LogP contribution in [0.3, 0.4) is 0 Å². The van der Waals surface area contributed by atoms with Crippen LogP contribution in [-0.4, -0.2) is 52.3 Å². The highest BCUT2D eigenvalue weighted by molar-refractivity contribution is 5.95. The molecule has 1 saturated carbocycles. The van der Waals surface area contributed by atoms with Crippen LogP contribution in [0.4, 0.5) is 0 Å². The number of aromatic amines is 1. The van der Waals surface area contributed by atoms with E-state index < -0.39 is 5.56 Å². The number of aromatic nitrogens is 1. The monoisotopic (exact) mass is 368 g/mol. The van der Waals surface area contributed by atoms with Crippen LogP contribution in [0.2, 0.25) is 0 Å². The van der Waals surface area contributed by atoms with Gasteiger partial charge in [0.05, 0.1) is 5.56 Å². The fourth-order valence-electron chi connectivity index (χ4n) is 4.58. The second-order valence-corrected chi connectivity index (χ2v) is 8.25. The van der Waals surface area contributed by atoms with E-state index in [2.05, 4.69) is 4.98 Å². The van der Waals surface area contributed by atoms with Gasteiger partial charge in [-0.25, -0.2) is 0 Å². The molecule has 27 heavy (non-hydrogen) atoms. The number of nitrogens with zero attached hydrogens (tertiary/aromatic N) is 3. The largest absolute Gasteiger partial charge is 0.339 e. The smallest absolute Gasteiger partial charge is 0.266 e. The number of nitriles is 1. The van der Waals surface area contributed by atoms with E-state index in [4.69, 9.17) is 5.26 Å². The average Bonchev–Trinajstić information content (AvgIpc) is 3.49. The lowest BCUT2D eigenvalue weighted by atomic mass is 9.73. The summed E-state index contributed by atoms with van der Waals surface area (Å²) in [5, 5.41) is 9.10.